The Morgan fingerprint density at radius 3 is 2.24 bits per heavy atom. The Hall–Kier alpha value is -2.74. The van der Waals surface area contributed by atoms with Crippen molar-refractivity contribution in [2.24, 2.45) is 0 Å². The molecule has 3 rings (SSSR count). The number of aryl methyl sites for hydroxylation is 1. The number of rotatable bonds is 11. The highest BCUT2D eigenvalue weighted by Crippen LogP contribution is 2.18. The van der Waals surface area contributed by atoms with Crippen LogP contribution in [0.5, 0.6) is 0 Å². The molecule has 6 nitrogen and oxygen atoms in total. The maximum atomic E-state index is 12.5. The molecule has 174 valence electrons. The van der Waals surface area contributed by atoms with E-state index in [-0.39, 0.29) is 17.4 Å². The molecule has 8 heteroatoms. The van der Waals surface area contributed by atoms with E-state index in [1.54, 1.807) is 31.5 Å². The zero-order chi connectivity index (χ0) is 23.7. The smallest absolute Gasteiger partial charge is 0.306 e. The number of nitrogens with zero attached hydrogens (tertiary/aromatic N) is 1. The minimum Gasteiger partial charge on any atom is -0.466 e. The summed E-state index contributed by atoms with van der Waals surface area (Å²) in [5.74, 6) is -0.227. The molecule has 0 bridgehead atoms. The number of pyridine rings is 1. The number of hydrogen-bond donors (Lipinski definition) is 1. The van der Waals surface area contributed by atoms with Gasteiger partial charge in [0.15, 0.2) is 0 Å². The first-order chi connectivity index (χ1) is 15.9. The highest BCUT2D eigenvalue weighted by Gasteiger charge is 2.13. The van der Waals surface area contributed by atoms with E-state index in [4.69, 9.17) is 16.3 Å². The molecule has 1 N–H and O–H groups in total. The molecular weight excluding hydrogens is 460 g/mol. The molecule has 0 spiro atoms. The van der Waals surface area contributed by atoms with Crippen LogP contribution >= 0.6 is 11.6 Å². The van der Waals surface area contributed by atoms with E-state index in [1.807, 2.05) is 18.2 Å². The van der Waals surface area contributed by atoms with Crippen molar-refractivity contribution in [1.29, 1.82) is 0 Å². The van der Waals surface area contributed by atoms with Gasteiger partial charge in [-0.15, -0.1) is 0 Å². The average molecular weight is 487 g/mol. The molecule has 1 heterocycles. The first kappa shape index (κ1) is 24.9. The second-order valence-corrected chi connectivity index (χ2v) is 9.80. The quantitative estimate of drug-likeness (QED) is 0.407. The number of hydrogen-bond acceptors (Lipinski definition) is 5. The molecule has 2 aromatic carbocycles. The highest BCUT2D eigenvalue weighted by atomic mass is 35.5. The Morgan fingerprint density at radius 2 is 1.58 bits per heavy atom. The van der Waals surface area contributed by atoms with Gasteiger partial charge in [-0.25, -0.2) is 13.1 Å². The highest BCUT2D eigenvalue weighted by molar-refractivity contribution is 7.89. The first-order valence-corrected chi connectivity index (χ1v) is 12.6. The van der Waals surface area contributed by atoms with Gasteiger partial charge in [0.05, 0.1) is 11.5 Å². The van der Waals surface area contributed by atoms with Crippen molar-refractivity contribution in [3.8, 4) is 0 Å². The summed E-state index contributed by atoms with van der Waals surface area (Å²) in [5, 5.41) is 0.482. The second kappa shape index (κ2) is 11.9. The predicted molar refractivity (Wildman–Crippen MR) is 129 cm³/mol. The van der Waals surface area contributed by atoms with Crippen LogP contribution in [0.3, 0.4) is 0 Å². The van der Waals surface area contributed by atoms with Crippen molar-refractivity contribution in [3.05, 3.63) is 94.3 Å². The van der Waals surface area contributed by atoms with Gasteiger partial charge in [-0.05, 0) is 84.8 Å². The molecule has 0 fully saturated rings. The van der Waals surface area contributed by atoms with E-state index < -0.39 is 10.0 Å². The molecule has 33 heavy (non-hydrogen) atoms. The number of carbonyl (C=O) groups is 1. The summed E-state index contributed by atoms with van der Waals surface area (Å²) in [7, 11) is -3.62. The fourth-order valence-electron chi connectivity index (χ4n) is 3.47. The average Bonchev–Trinajstić information content (AvgIpc) is 2.79. The van der Waals surface area contributed by atoms with Gasteiger partial charge in [-0.1, -0.05) is 29.8 Å². The lowest BCUT2D eigenvalue weighted by atomic mass is 9.97. The van der Waals surface area contributed by atoms with Crippen LogP contribution in [0.1, 0.15) is 35.6 Å². The Labute approximate surface area is 200 Å². The molecule has 0 aliphatic carbocycles. The zero-order valence-corrected chi connectivity index (χ0v) is 20.0. The summed E-state index contributed by atoms with van der Waals surface area (Å²) >= 11 is 5.85. The third-order valence-corrected chi connectivity index (χ3v) is 6.75. The Bertz CT molecular complexity index is 1170. The topological polar surface area (TPSA) is 85.4 Å². The third-order valence-electron chi connectivity index (χ3n) is 5.02. The number of sulfonamides is 1. The first-order valence-electron chi connectivity index (χ1n) is 10.8. The number of aromatic nitrogens is 1. The third kappa shape index (κ3) is 7.96. The number of ether oxygens (including phenoxy) is 1. The summed E-state index contributed by atoms with van der Waals surface area (Å²) < 4.78 is 32.8. The fourth-order valence-corrected chi connectivity index (χ4v) is 4.63. The maximum Gasteiger partial charge on any atom is 0.306 e. The summed E-state index contributed by atoms with van der Waals surface area (Å²) in [5.41, 5.74) is 4.24. The van der Waals surface area contributed by atoms with Crippen LogP contribution in [0, 0.1) is 0 Å². The molecule has 3 aromatic rings. The van der Waals surface area contributed by atoms with Crippen LogP contribution in [0.15, 0.2) is 71.9 Å². The van der Waals surface area contributed by atoms with Crippen molar-refractivity contribution in [2.75, 3.05) is 13.2 Å². The lowest BCUT2D eigenvalue weighted by Crippen LogP contribution is -2.26. The van der Waals surface area contributed by atoms with E-state index >= 15 is 0 Å². The fraction of sp³-hybridized carbons (Fsp3) is 0.280. The van der Waals surface area contributed by atoms with Gasteiger partial charge in [0, 0.05) is 30.4 Å². The standard InChI is InChI=1S/C25H27ClN2O4S/c1-2-32-25(29)8-3-20-16-21(18-22(17-20)15-19-9-12-27-13-10-19)11-14-28-33(30,31)24-6-4-23(26)5-7-24/h4-7,9-10,12-13,16-18,28H,2-3,8,11,14-15H2,1H3. The van der Waals surface area contributed by atoms with E-state index in [9.17, 15) is 13.2 Å². The van der Waals surface area contributed by atoms with E-state index in [0.717, 1.165) is 28.7 Å². The summed E-state index contributed by atoms with van der Waals surface area (Å²) in [6, 6.07) is 16.2. The van der Waals surface area contributed by atoms with Crippen LogP contribution in [0.2, 0.25) is 5.02 Å². The van der Waals surface area contributed by atoms with Gasteiger partial charge in [-0.3, -0.25) is 9.78 Å². The number of esters is 1. The summed E-state index contributed by atoms with van der Waals surface area (Å²) in [6.45, 7) is 2.40. The number of benzene rings is 2. The van der Waals surface area contributed by atoms with Gasteiger partial charge in [0.1, 0.15) is 0 Å². The minimum atomic E-state index is -3.62. The van der Waals surface area contributed by atoms with Crippen molar-refractivity contribution in [3.63, 3.8) is 0 Å². The molecule has 0 atom stereocenters. The van der Waals surface area contributed by atoms with Crippen LogP contribution in [-0.4, -0.2) is 32.5 Å². The lowest BCUT2D eigenvalue weighted by Gasteiger charge is -2.12. The molecule has 0 saturated heterocycles. The molecule has 0 aliphatic heterocycles. The lowest BCUT2D eigenvalue weighted by molar-refractivity contribution is -0.143. The molecule has 0 saturated carbocycles. The van der Waals surface area contributed by atoms with Gasteiger partial charge in [-0.2, -0.15) is 0 Å². The van der Waals surface area contributed by atoms with Gasteiger partial charge in [0.25, 0.3) is 0 Å². The van der Waals surface area contributed by atoms with Gasteiger partial charge in [0.2, 0.25) is 10.0 Å². The van der Waals surface area contributed by atoms with Crippen LogP contribution < -0.4 is 4.72 Å². The second-order valence-electron chi connectivity index (χ2n) is 7.60. The van der Waals surface area contributed by atoms with Gasteiger partial charge < -0.3 is 4.74 Å². The number of nitrogens with one attached hydrogen (secondary N) is 1. The van der Waals surface area contributed by atoms with Crippen molar-refractivity contribution < 1.29 is 17.9 Å². The molecule has 0 radical (unpaired) electrons. The van der Waals surface area contributed by atoms with E-state index in [1.165, 1.54) is 12.1 Å². The number of halogens is 1. The van der Waals surface area contributed by atoms with Crippen molar-refractivity contribution in [2.45, 2.75) is 37.5 Å². The van der Waals surface area contributed by atoms with E-state index in [2.05, 4.69) is 21.8 Å². The monoisotopic (exact) mass is 486 g/mol. The van der Waals surface area contributed by atoms with Crippen molar-refractivity contribution in [1.82, 2.24) is 9.71 Å². The minimum absolute atomic E-state index is 0.175. The van der Waals surface area contributed by atoms with Crippen LogP contribution in [0.25, 0.3) is 0 Å². The Morgan fingerprint density at radius 1 is 0.939 bits per heavy atom. The molecule has 1 aromatic heterocycles. The summed E-state index contributed by atoms with van der Waals surface area (Å²) in [4.78, 5) is 16.0. The van der Waals surface area contributed by atoms with E-state index in [0.29, 0.717) is 30.9 Å². The maximum absolute atomic E-state index is 12.5. The number of carbonyl (C=O) groups excluding carboxylic acids is 1. The Kier molecular flexibility index (Phi) is 9.00. The van der Waals surface area contributed by atoms with Crippen LogP contribution in [0.4, 0.5) is 0 Å². The molecule has 0 aliphatic rings. The normalized spacial score (nSPS) is 11.3. The molecular formula is C25H27ClN2O4S. The predicted octanol–water partition coefficient (Wildman–Crippen LogP) is 4.34. The van der Waals surface area contributed by atoms with Crippen molar-refractivity contribution >= 4 is 27.6 Å². The Balaban J connectivity index is 1.71. The SMILES string of the molecule is CCOC(=O)CCc1cc(CCNS(=O)(=O)c2ccc(Cl)cc2)cc(Cc2ccncc2)c1. The molecule has 0 amide bonds. The van der Waals surface area contributed by atoms with Gasteiger partial charge >= 0.3 is 5.97 Å². The summed E-state index contributed by atoms with van der Waals surface area (Å²) in [6.07, 6.45) is 5.61. The molecule has 0 unspecified atom stereocenters. The van der Waals surface area contributed by atoms with Crippen LogP contribution in [-0.2, 0) is 38.8 Å². The largest absolute Gasteiger partial charge is 0.466 e. The zero-order valence-electron chi connectivity index (χ0n) is 18.5.